The van der Waals surface area contributed by atoms with Crippen molar-refractivity contribution in [2.75, 3.05) is 12.0 Å². The first kappa shape index (κ1) is 10.8. The van der Waals surface area contributed by atoms with Gasteiger partial charge >= 0.3 is 6.03 Å². The van der Waals surface area contributed by atoms with E-state index < -0.39 is 12.0 Å². The molecule has 1 aromatic carbocycles. The summed E-state index contributed by atoms with van der Waals surface area (Å²) in [4.78, 5) is 11.9. The molecule has 5 N–H and O–H groups in total. The third-order valence-electron chi connectivity index (χ3n) is 1.77. The van der Waals surface area contributed by atoms with Crippen LogP contribution in [0.4, 0.5) is 10.5 Å². The van der Waals surface area contributed by atoms with Crippen LogP contribution in [0.15, 0.2) is 24.3 Å². The highest BCUT2D eigenvalue weighted by atomic mass is 16.5. The first-order chi connectivity index (χ1) is 7.06. The summed E-state index contributed by atoms with van der Waals surface area (Å²) >= 11 is 0. The van der Waals surface area contributed by atoms with E-state index >= 15 is 0 Å². The zero-order chi connectivity index (χ0) is 11.4. The molecule has 2 amide bonds. The predicted octanol–water partition coefficient (Wildman–Crippen LogP) is 0.474. The Morgan fingerprint density at radius 1 is 1.47 bits per heavy atom. The van der Waals surface area contributed by atoms with Crippen LogP contribution in [0.3, 0.4) is 0 Å². The zero-order valence-corrected chi connectivity index (χ0v) is 8.23. The molecule has 0 aliphatic rings. The van der Waals surface area contributed by atoms with Crippen LogP contribution in [0.1, 0.15) is 0 Å². The summed E-state index contributed by atoms with van der Waals surface area (Å²) in [5.41, 5.74) is 10.7. The second-order valence-electron chi connectivity index (χ2n) is 2.76. The Hall–Kier alpha value is -2.24. The zero-order valence-electron chi connectivity index (χ0n) is 8.23. The number of anilines is 1. The van der Waals surface area contributed by atoms with Gasteiger partial charge in [-0.05, 0) is 12.1 Å². The van der Waals surface area contributed by atoms with E-state index in [9.17, 15) is 4.79 Å². The van der Waals surface area contributed by atoms with E-state index in [2.05, 4.69) is 0 Å². The first-order valence-corrected chi connectivity index (χ1v) is 4.14. The molecule has 0 saturated heterocycles. The molecule has 6 heteroatoms. The number of benzene rings is 1. The number of ether oxygens (including phenoxy) is 1. The largest absolute Gasteiger partial charge is 0.497 e. The van der Waals surface area contributed by atoms with Crippen LogP contribution in [0.5, 0.6) is 5.75 Å². The highest BCUT2D eigenvalue weighted by Crippen LogP contribution is 2.20. The Morgan fingerprint density at radius 2 is 2.13 bits per heavy atom. The molecule has 0 heterocycles. The summed E-state index contributed by atoms with van der Waals surface area (Å²) in [7, 11) is 1.50. The molecular weight excluding hydrogens is 196 g/mol. The van der Waals surface area contributed by atoms with Gasteiger partial charge in [0.15, 0.2) is 0 Å². The fourth-order valence-electron chi connectivity index (χ4n) is 1.13. The van der Waals surface area contributed by atoms with Crippen molar-refractivity contribution in [3.05, 3.63) is 24.3 Å². The lowest BCUT2D eigenvalue weighted by atomic mass is 10.3. The Kier molecular flexibility index (Phi) is 3.12. The van der Waals surface area contributed by atoms with Gasteiger partial charge in [-0.3, -0.25) is 5.41 Å². The van der Waals surface area contributed by atoms with Gasteiger partial charge in [0.1, 0.15) is 5.75 Å². The molecule has 0 radical (unpaired) electrons. The summed E-state index contributed by atoms with van der Waals surface area (Å²) in [6.07, 6.45) is 0. The average molecular weight is 208 g/mol. The van der Waals surface area contributed by atoms with Crippen LogP contribution in [-0.2, 0) is 0 Å². The van der Waals surface area contributed by atoms with Gasteiger partial charge in [-0.15, -0.1) is 0 Å². The van der Waals surface area contributed by atoms with Crippen molar-refractivity contribution in [3.63, 3.8) is 0 Å². The lowest BCUT2D eigenvalue weighted by Gasteiger charge is -2.18. The second kappa shape index (κ2) is 4.32. The van der Waals surface area contributed by atoms with Crippen LogP contribution >= 0.6 is 0 Å². The van der Waals surface area contributed by atoms with E-state index in [1.165, 1.54) is 7.11 Å². The number of guanidine groups is 1. The fourth-order valence-corrected chi connectivity index (χ4v) is 1.13. The fraction of sp³-hybridized carbons (Fsp3) is 0.111. The number of primary amides is 1. The third kappa shape index (κ3) is 2.37. The molecular formula is C9H12N4O2. The summed E-state index contributed by atoms with van der Waals surface area (Å²) in [5, 5.41) is 7.21. The number of nitrogens with one attached hydrogen (secondary N) is 1. The molecule has 1 aromatic rings. The number of urea groups is 1. The Labute approximate surface area is 86.9 Å². The topological polar surface area (TPSA) is 105 Å². The van der Waals surface area contributed by atoms with Gasteiger partial charge in [0.2, 0.25) is 5.96 Å². The molecule has 80 valence electrons. The number of nitrogens with zero attached hydrogens (tertiary/aromatic N) is 1. The van der Waals surface area contributed by atoms with Crippen LogP contribution in [0.25, 0.3) is 0 Å². The van der Waals surface area contributed by atoms with Crippen molar-refractivity contribution < 1.29 is 9.53 Å². The predicted molar refractivity (Wildman–Crippen MR) is 57.0 cm³/mol. The summed E-state index contributed by atoms with van der Waals surface area (Å²) < 4.78 is 4.97. The van der Waals surface area contributed by atoms with E-state index in [0.717, 1.165) is 4.90 Å². The Morgan fingerprint density at radius 3 is 2.60 bits per heavy atom. The Balaban J connectivity index is 3.11. The molecule has 0 bridgehead atoms. The van der Waals surface area contributed by atoms with Crippen molar-refractivity contribution in [1.29, 1.82) is 5.41 Å². The van der Waals surface area contributed by atoms with Crippen molar-refractivity contribution in [3.8, 4) is 5.75 Å². The SMILES string of the molecule is COc1cccc(N(C(=N)N)C(N)=O)c1. The van der Waals surface area contributed by atoms with Crippen molar-refractivity contribution in [1.82, 2.24) is 0 Å². The smallest absolute Gasteiger partial charge is 0.326 e. The van der Waals surface area contributed by atoms with Gasteiger partial charge in [0.25, 0.3) is 0 Å². The average Bonchev–Trinajstić information content (AvgIpc) is 2.17. The molecule has 0 fully saturated rings. The number of hydrogen-bond donors (Lipinski definition) is 3. The monoisotopic (exact) mass is 208 g/mol. The lowest BCUT2D eigenvalue weighted by molar-refractivity contribution is 0.256. The molecule has 0 atom stereocenters. The van der Waals surface area contributed by atoms with Crippen LogP contribution < -0.4 is 21.1 Å². The van der Waals surface area contributed by atoms with Gasteiger partial charge in [-0.25, -0.2) is 9.69 Å². The summed E-state index contributed by atoms with van der Waals surface area (Å²) in [6, 6.07) is 5.74. The standard InChI is InChI=1S/C9H12N4O2/c1-15-7-4-2-3-6(5-7)13(8(10)11)9(12)14/h2-5H,1H3,(H3,10,11)(H2,12,14). The van der Waals surface area contributed by atoms with Gasteiger partial charge in [-0.2, -0.15) is 0 Å². The van der Waals surface area contributed by atoms with Crippen molar-refractivity contribution >= 4 is 17.7 Å². The third-order valence-corrected chi connectivity index (χ3v) is 1.77. The van der Waals surface area contributed by atoms with Crippen LogP contribution in [0, 0.1) is 5.41 Å². The molecule has 0 aliphatic carbocycles. The highest BCUT2D eigenvalue weighted by molar-refractivity contribution is 6.13. The van der Waals surface area contributed by atoms with Crippen molar-refractivity contribution in [2.45, 2.75) is 0 Å². The molecule has 0 aromatic heterocycles. The second-order valence-corrected chi connectivity index (χ2v) is 2.76. The van der Waals surface area contributed by atoms with E-state index in [1.807, 2.05) is 0 Å². The lowest BCUT2D eigenvalue weighted by Crippen LogP contribution is -2.44. The minimum absolute atomic E-state index is 0.398. The van der Waals surface area contributed by atoms with E-state index in [1.54, 1.807) is 24.3 Å². The van der Waals surface area contributed by atoms with E-state index in [0.29, 0.717) is 11.4 Å². The highest BCUT2D eigenvalue weighted by Gasteiger charge is 2.15. The van der Waals surface area contributed by atoms with E-state index in [-0.39, 0.29) is 0 Å². The number of carbonyl (C=O) groups is 1. The Bertz CT molecular complexity index is 377. The van der Waals surface area contributed by atoms with Gasteiger partial charge in [-0.1, -0.05) is 6.07 Å². The number of methoxy groups -OCH3 is 1. The number of rotatable bonds is 2. The molecule has 0 spiro atoms. The number of hydrogen-bond acceptors (Lipinski definition) is 3. The summed E-state index contributed by atoms with van der Waals surface area (Å²) in [6.45, 7) is 0. The summed E-state index contributed by atoms with van der Waals surface area (Å²) in [5.74, 6) is 0.121. The molecule has 1 rings (SSSR count). The molecule has 0 saturated carbocycles. The maximum Gasteiger partial charge on any atom is 0.326 e. The number of carbonyl (C=O) groups excluding carboxylic acids is 1. The first-order valence-electron chi connectivity index (χ1n) is 4.14. The quantitative estimate of drug-likeness (QED) is 0.486. The van der Waals surface area contributed by atoms with Crippen molar-refractivity contribution in [2.24, 2.45) is 11.5 Å². The minimum atomic E-state index is -0.809. The maximum atomic E-state index is 11.0. The maximum absolute atomic E-state index is 11.0. The van der Waals surface area contributed by atoms with Gasteiger partial charge in [0.05, 0.1) is 12.8 Å². The molecule has 15 heavy (non-hydrogen) atoms. The van der Waals surface area contributed by atoms with Gasteiger partial charge in [0, 0.05) is 6.07 Å². The normalized spacial score (nSPS) is 9.40. The van der Waals surface area contributed by atoms with Crippen LogP contribution in [-0.4, -0.2) is 19.1 Å². The molecule has 0 aliphatic heterocycles. The number of amides is 2. The molecule has 0 unspecified atom stereocenters. The van der Waals surface area contributed by atoms with Gasteiger partial charge < -0.3 is 16.2 Å². The minimum Gasteiger partial charge on any atom is -0.497 e. The number of nitrogens with two attached hydrogens (primary N) is 2. The molecule has 6 nitrogen and oxygen atoms in total. The van der Waals surface area contributed by atoms with E-state index in [4.69, 9.17) is 21.6 Å². The van der Waals surface area contributed by atoms with Crippen LogP contribution in [0.2, 0.25) is 0 Å².